The first kappa shape index (κ1) is 8.96. The number of hydrogen-bond donors (Lipinski definition) is 2. The summed E-state index contributed by atoms with van der Waals surface area (Å²) in [6.07, 6.45) is -0.747. The predicted octanol–water partition coefficient (Wildman–Crippen LogP) is 1.32. The van der Waals surface area contributed by atoms with Crippen LogP contribution in [0.15, 0.2) is 24.3 Å². The molecule has 1 rings (SSSR count). The maximum atomic E-state index is 9.26. The van der Waals surface area contributed by atoms with Crippen molar-refractivity contribution in [1.82, 2.24) is 0 Å². The highest BCUT2D eigenvalue weighted by molar-refractivity contribution is 14.1. The summed E-state index contributed by atoms with van der Waals surface area (Å²) in [7, 11) is 0. The molecule has 0 saturated heterocycles. The first-order chi connectivity index (χ1) is 5.25. The molecule has 2 N–H and O–H groups in total. The Morgan fingerprint density at radius 1 is 1.36 bits per heavy atom. The lowest BCUT2D eigenvalue weighted by Crippen LogP contribution is -2.03. The maximum absolute atomic E-state index is 9.26. The summed E-state index contributed by atoms with van der Waals surface area (Å²) in [6.45, 7) is -0.222. The van der Waals surface area contributed by atoms with Crippen LogP contribution in [0.25, 0.3) is 0 Å². The lowest BCUT2D eigenvalue weighted by molar-refractivity contribution is 0.0950. The first-order valence-corrected chi connectivity index (χ1v) is 4.37. The maximum Gasteiger partial charge on any atom is 0.103 e. The molecule has 0 heterocycles. The molecular weight excluding hydrogens is 255 g/mol. The molecule has 0 aromatic heterocycles. The Morgan fingerprint density at radius 3 is 2.55 bits per heavy atom. The van der Waals surface area contributed by atoms with Crippen molar-refractivity contribution in [2.45, 2.75) is 6.10 Å². The Balaban J connectivity index is 2.93. The van der Waals surface area contributed by atoms with Crippen molar-refractivity contribution >= 4 is 22.6 Å². The smallest absolute Gasteiger partial charge is 0.103 e. The topological polar surface area (TPSA) is 40.5 Å². The molecule has 0 aliphatic rings. The predicted molar refractivity (Wildman–Crippen MR) is 51.2 cm³/mol. The Bertz CT molecular complexity index is 237. The molecule has 0 unspecified atom stereocenters. The third-order valence-corrected chi connectivity index (χ3v) is 2.42. The molecule has 1 aromatic carbocycles. The molecule has 0 aliphatic carbocycles. The molecule has 60 valence electrons. The summed E-state index contributed by atoms with van der Waals surface area (Å²) < 4.78 is 0.978. The van der Waals surface area contributed by atoms with Crippen molar-refractivity contribution in [3.63, 3.8) is 0 Å². The third-order valence-electron chi connectivity index (χ3n) is 1.44. The number of hydrogen-bond acceptors (Lipinski definition) is 2. The van der Waals surface area contributed by atoms with Crippen LogP contribution >= 0.6 is 22.6 Å². The fraction of sp³-hybridized carbons (Fsp3) is 0.250. The quantitative estimate of drug-likeness (QED) is 0.791. The van der Waals surface area contributed by atoms with Gasteiger partial charge >= 0.3 is 0 Å². The molecule has 3 heteroatoms. The van der Waals surface area contributed by atoms with Crippen LogP contribution in [0.1, 0.15) is 11.7 Å². The van der Waals surface area contributed by atoms with Gasteiger partial charge in [-0.1, -0.05) is 18.2 Å². The van der Waals surface area contributed by atoms with Crippen molar-refractivity contribution < 1.29 is 10.2 Å². The second-order valence-corrected chi connectivity index (χ2v) is 3.38. The van der Waals surface area contributed by atoms with Gasteiger partial charge in [-0.15, -0.1) is 0 Å². The van der Waals surface area contributed by atoms with E-state index in [0.29, 0.717) is 0 Å². The van der Waals surface area contributed by atoms with Crippen molar-refractivity contribution in [2.24, 2.45) is 0 Å². The van der Waals surface area contributed by atoms with Gasteiger partial charge in [0, 0.05) is 3.57 Å². The van der Waals surface area contributed by atoms with Crippen LogP contribution in [0.2, 0.25) is 0 Å². The van der Waals surface area contributed by atoms with Gasteiger partial charge < -0.3 is 10.2 Å². The number of halogens is 1. The molecule has 0 amide bonds. The molecule has 0 bridgehead atoms. The van der Waals surface area contributed by atoms with E-state index in [-0.39, 0.29) is 6.61 Å². The highest BCUT2D eigenvalue weighted by Gasteiger charge is 2.07. The molecule has 0 aliphatic heterocycles. The molecule has 0 saturated carbocycles. The van der Waals surface area contributed by atoms with E-state index in [1.54, 1.807) is 0 Å². The Hall–Kier alpha value is -0.130. The van der Waals surface area contributed by atoms with Gasteiger partial charge in [-0.05, 0) is 34.2 Å². The molecule has 11 heavy (non-hydrogen) atoms. The van der Waals surface area contributed by atoms with Crippen LogP contribution < -0.4 is 0 Å². The molecule has 2 nitrogen and oxygen atoms in total. The zero-order valence-corrected chi connectivity index (χ0v) is 8.02. The standard InChI is InChI=1S/C8H9IO2/c9-7-4-2-1-3-6(7)8(11)5-10/h1-4,8,10-11H,5H2/t8-/m1/s1. The number of rotatable bonds is 2. The molecule has 0 spiro atoms. The second kappa shape index (κ2) is 4.04. The third kappa shape index (κ3) is 2.15. The number of benzene rings is 1. The lowest BCUT2D eigenvalue weighted by atomic mass is 10.1. The minimum atomic E-state index is -0.747. The molecule has 1 atom stereocenters. The van der Waals surface area contributed by atoms with Crippen LogP contribution in [0.5, 0.6) is 0 Å². The average Bonchev–Trinajstić information content (AvgIpc) is 2.04. The van der Waals surface area contributed by atoms with Crippen molar-refractivity contribution in [3.8, 4) is 0 Å². The SMILES string of the molecule is OC[C@@H](O)c1ccccc1I. The fourth-order valence-electron chi connectivity index (χ4n) is 0.844. The molecular formula is C8H9IO2. The highest BCUT2D eigenvalue weighted by atomic mass is 127. The van der Waals surface area contributed by atoms with Gasteiger partial charge in [0.15, 0.2) is 0 Å². The van der Waals surface area contributed by atoms with E-state index < -0.39 is 6.10 Å². The van der Waals surface area contributed by atoms with Crippen molar-refractivity contribution in [1.29, 1.82) is 0 Å². The number of aliphatic hydroxyl groups is 2. The van der Waals surface area contributed by atoms with Gasteiger partial charge in [-0.25, -0.2) is 0 Å². The highest BCUT2D eigenvalue weighted by Crippen LogP contribution is 2.18. The van der Waals surface area contributed by atoms with E-state index in [9.17, 15) is 5.11 Å². The van der Waals surface area contributed by atoms with Crippen LogP contribution in [0.4, 0.5) is 0 Å². The minimum Gasteiger partial charge on any atom is -0.393 e. The Morgan fingerprint density at radius 2 is 2.00 bits per heavy atom. The number of aliphatic hydroxyl groups excluding tert-OH is 2. The lowest BCUT2D eigenvalue weighted by Gasteiger charge is -2.08. The van der Waals surface area contributed by atoms with E-state index in [2.05, 4.69) is 22.6 Å². The Kier molecular flexibility index (Phi) is 3.29. The molecule has 0 radical (unpaired) electrons. The van der Waals surface area contributed by atoms with Crippen LogP contribution in [-0.2, 0) is 0 Å². The van der Waals surface area contributed by atoms with Gasteiger partial charge in [-0.3, -0.25) is 0 Å². The van der Waals surface area contributed by atoms with E-state index in [4.69, 9.17) is 5.11 Å². The minimum absolute atomic E-state index is 0.222. The summed E-state index contributed by atoms with van der Waals surface area (Å²) in [4.78, 5) is 0. The summed E-state index contributed by atoms with van der Waals surface area (Å²) in [5.74, 6) is 0. The second-order valence-electron chi connectivity index (χ2n) is 2.22. The molecule has 1 aromatic rings. The summed E-state index contributed by atoms with van der Waals surface area (Å²) in [5, 5.41) is 17.9. The van der Waals surface area contributed by atoms with Gasteiger partial charge in [-0.2, -0.15) is 0 Å². The van der Waals surface area contributed by atoms with Gasteiger partial charge in [0.2, 0.25) is 0 Å². The van der Waals surface area contributed by atoms with E-state index >= 15 is 0 Å². The van der Waals surface area contributed by atoms with E-state index in [1.165, 1.54) is 0 Å². The summed E-state index contributed by atoms with van der Waals surface area (Å²) in [6, 6.07) is 7.45. The first-order valence-electron chi connectivity index (χ1n) is 3.29. The van der Waals surface area contributed by atoms with Crippen molar-refractivity contribution in [2.75, 3.05) is 6.61 Å². The van der Waals surface area contributed by atoms with Gasteiger partial charge in [0.05, 0.1) is 6.61 Å². The van der Waals surface area contributed by atoms with Crippen LogP contribution in [0, 0.1) is 3.57 Å². The zero-order valence-electron chi connectivity index (χ0n) is 5.87. The Labute approximate surface area is 79.0 Å². The summed E-state index contributed by atoms with van der Waals surface area (Å²) in [5.41, 5.74) is 0.788. The van der Waals surface area contributed by atoms with E-state index in [0.717, 1.165) is 9.13 Å². The van der Waals surface area contributed by atoms with Crippen LogP contribution in [-0.4, -0.2) is 16.8 Å². The summed E-state index contributed by atoms with van der Waals surface area (Å²) >= 11 is 2.13. The van der Waals surface area contributed by atoms with Crippen molar-refractivity contribution in [3.05, 3.63) is 33.4 Å². The fourth-order valence-corrected chi connectivity index (χ4v) is 1.59. The average molecular weight is 264 g/mol. The molecule has 0 fully saturated rings. The van der Waals surface area contributed by atoms with Crippen LogP contribution in [0.3, 0.4) is 0 Å². The normalized spacial score (nSPS) is 13.0. The van der Waals surface area contributed by atoms with Gasteiger partial charge in [0.1, 0.15) is 6.10 Å². The van der Waals surface area contributed by atoms with Gasteiger partial charge in [0.25, 0.3) is 0 Å². The van der Waals surface area contributed by atoms with E-state index in [1.807, 2.05) is 24.3 Å². The largest absolute Gasteiger partial charge is 0.393 e. The zero-order chi connectivity index (χ0) is 8.27. The monoisotopic (exact) mass is 264 g/mol.